The van der Waals surface area contributed by atoms with Crippen molar-refractivity contribution in [1.82, 2.24) is 18.5 Å². The molecule has 6 nitrogen and oxygen atoms in total. The number of ether oxygens (including phenoxy) is 1. The average molecular weight is 747 g/mol. The number of imidazole rings is 2. The molecule has 0 unspecified atom stereocenters. The molecule has 0 aliphatic carbocycles. The Labute approximate surface area is 339 Å². The first-order valence-electron chi connectivity index (χ1n) is 20.9. The summed E-state index contributed by atoms with van der Waals surface area (Å²) in [4.78, 5) is 5.18. The molecule has 0 saturated carbocycles. The van der Waals surface area contributed by atoms with Crippen LogP contribution in [0.5, 0.6) is 11.5 Å². The molecule has 7 heteroatoms. The van der Waals surface area contributed by atoms with Gasteiger partial charge < -0.3 is 13.9 Å². The van der Waals surface area contributed by atoms with Crippen LogP contribution < -0.4 is 25.7 Å². The number of fused-ring (bicyclic) bond motifs is 9. The van der Waals surface area contributed by atoms with Crippen LogP contribution in [0.15, 0.2) is 188 Å². The van der Waals surface area contributed by atoms with E-state index in [9.17, 15) is 0 Å². The van der Waals surface area contributed by atoms with E-state index in [0.29, 0.717) is 17.0 Å². The van der Waals surface area contributed by atoms with Crippen molar-refractivity contribution in [3.8, 4) is 45.3 Å². The highest BCUT2D eigenvalue weighted by Gasteiger charge is 2.40. The van der Waals surface area contributed by atoms with Crippen LogP contribution in [-0.2, 0) is 6.98 Å². The molecule has 12 rings (SSSR count). The van der Waals surface area contributed by atoms with E-state index in [2.05, 4.69) is 143 Å². The van der Waals surface area contributed by atoms with Crippen molar-refractivity contribution in [1.29, 1.82) is 0 Å². The minimum atomic E-state index is -2.38. The number of hydrogen-bond donors (Lipinski definition) is 0. The largest absolute Gasteiger partial charge is 0.458 e. The van der Waals surface area contributed by atoms with E-state index in [-0.39, 0.29) is 6.71 Å². The molecule has 4 aromatic heterocycles. The van der Waals surface area contributed by atoms with Gasteiger partial charge in [-0.3, -0.25) is 8.97 Å². The van der Waals surface area contributed by atoms with Crippen LogP contribution in [0.2, 0.25) is 0 Å². The maximum absolute atomic E-state index is 8.12. The van der Waals surface area contributed by atoms with Gasteiger partial charge in [0.25, 0.3) is 6.71 Å². The summed E-state index contributed by atoms with van der Waals surface area (Å²) in [6, 6.07) is 62.4. The SMILES string of the molecule is [2H]C([2H])([2H])[n+]1[c-]n(-c2cccc(Oc3ccc4c(c3)n3c5c(c6ccccc6n45)B(c4c(-c5ccccc5)cccc4-c4ccccc4)c4cccnc4-3)c2)c2ccccc21. The molecular formula is C51H34BN5O. The van der Waals surface area contributed by atoms with Crippen LogP contribution in [-0.4, -0.2) is 25.2 Å². The summed E-state index contributed by atoms with van der Waals surface area (Å²) >= 11 is 0. The van der Waals surface area contributed by atoms with Gasteiger partial charge in [0.1, 0.15) is 23.0 Å². The van der Waals surface area contributed by atoms with Gasteiger partial charge in [-0.1, -0.05) is 145 Å². The van der Waals surface area contributed by atoms with Gasteiger partial charge in [-0.2, -0.15) is 0 Å². The molecule has 272 valence electrons. The van der Waals surface area contributed by atoms with Crippen molar-refractivity contribution in [2.45, 2.75) is 0 Å². The Morgan fingerprint density at radius 3 is 2.10 bits per heavy atom. The van der Waals surface area contributed by atoms with Gasteiger partial charge in [-0.25, -0.2) is 4.98 Å². The predicted octanol–water partition coefficient (Wildman–Crippen LogP) is 8.96. The molecule has 11 aromatic rings. The Hall–Kier alpha value is -7.64. The molecule has 0 radical (unpaired) electrons. The number of benzene rings is 7. The predicted molar refractivity (Wildman–Crippen MR) is 235 cm³/mol. The maximum atomic E-state index is 8.12. The zero-order valence-corrected chi connectivity index (χ0v) is 31.1. The van der Waals surface area contributed by atoms with E-state index in [0.717, 1.165) is 55.8 Å². The summed E-state index contributed by atoms with van der Waals surface area (Å²) in [7, 11) is 0. The van der Waals surface area contributed by atoms with Crippen molar-refractivity contribution in [3.63, 3.8) is 0 Å². The van der Waals surface area contributed by atoms with Gasteiger partial charge >= 0.3 is 0 Å². The third-order valence-corrected chi connectivity index (χ3v) is 11.6. The molecule has 5 heterocycles. The molecular weight excluding hydrogens is 709 g/mol. The standard InChI is InChI=1S/C51H34BN5O/c1-54-33-55(45-27-11-10-26-44(45)54)36-19-12-20-37(31-36)58-38-28-29-46-47(32-38)57-50-42(24-14-30-53-50)52(49-41-21-8-9-25-43(41)56(46)51(49)57)48-39(34-15-4-2-5-16-34)22-13-23-40(48)35-17-6-3-7-18-35/h2-32H,1H3/i1D3. The molecule has 0 amide bonds. The number of nitrogens with zero attached hydrogens (tertiary/aromatic N) is 5. The lowest BCUT2D eigenvalue weighted by Gasteiger charge is -2.28. The highest BCUT2D eigenvalue weighted by Crippen LogP contribution is 2.37. The first-order chi connectivity index (χ1) is 29.9. The van der Waals surface area contributed by atoms with Crippen LogP contribution >= 0.6 is 0 Å². The smallest absolute Gasteiger partial charge is 0.253 e. The zero-order valence-electron chi connectivity index (χ0n) is 34.1. The first-order valence-corrected chi connectivity index (χ1v) is 19.4. The van der Waals surface area contributed by atoms with Gasteiger partial charge in [0.15, 0.2) is 0 Å². The Morgan fingerprint density at radius 2 is 1.31 bits per heavy atom. The number of hydrogen-bond acceptors (Lipinski definition) is 2. The molecule has 0 bridgehead atoms. The van der Waals surface area contributed by atoms with E-state index in [1.165, 1.54) is 32.0 Å². The second kappa shape index (κ2) is 12.7. The lowest BCUT2D eigenvalue weighted by molar-refractivity contribution is -0.649. The highest BCUT2D eigenvalue weighted by molar-refractivity contribution is 7.00. The van der Waals surface area contributed by atoms with E-state index in [1.54, 1.807) is 10.6 Å². The van der Waals surface area contributed by atoms with Crippen molar-refractivity contribution < 1.29 is 13.4 Å². The number of aryl methyl sites for hydroxylation is 1. The summed E-state index contributed by atoms with van der Waals surface area (Å²) in [6.07, 6.45) is 4.95. The number of pyridine rings is 1. The van der Waals surface area contributed by atoms with E-state index >= 15 is 0 Å². The second-order valence-corrected chi connectivity index (χ2v) is 14.8. The van der Waals surface area contributed by atoms with Crippen molar-refractivity contribution in [2.24, 2.45) is 6.98 Å². The number of rotatable bonds is 6. The fraction of sp³-hybridized carbons (Fsp3) is 0.0196. The van der Waals surface area contributed by atoms with Crippen LogP contribution in [0.4, 0.5) is 0 Å². The van der Waals surface area contributed by atoms with Crippen molar-refractivity contribution in [2.75, 3.05) is 0 Å². The van der Waals surface area contributed by atoms with Gasteiger partial charge in [0.05, 0.1) is 44.4 Å². The molecule has 0 saturated heterocycles. The molecule has 0 N–H and O–H groups in total. The lowest BCUT2D eigenvalue weighted by atomic mass is 9.34. The Morgan fingerprint density at radius 1 is 0.603 bits per heavy atom. The van der Waals surface area contributed by atoms with Gasteiger partial charge in [0, 0.05) is 12.3 Å². The molecule has 0 fully saturated rings. The molecule has 1 aliphatic rings. The molecule has 0 atom stereocenters. The molecule has 7 aromatic carbocycles. The molecule has 58 heavy (non-hydrogen) atoms. The summed E-state index contributed by atoms with van der Waals surface area (Å²) in [5.74, 6) is 2.14. The van der Waals surface area contributed by atoms with Crippen LogP contribution in [0, 0.1) is 6.33 Å². The highest BCUT2D eigenvalue weighted by atomic mass is 16.5. The van der Waals surface area contributed by atoms with E-state index < -0.39 is 6.98 Å². The fourth-order valence-electron chi connectivity index (χ4n) is 9.22. The van der Waals surface area contributed by atoms with Crippen LogP contribution in [0.1, 0.15) is 4.11 Å². The topological polar surface area (TPSA) is 40.3 Å². The van der Waals surface area contributed by atoms with Crippen LogP contribution in [0.25, 0.3) is 72.4 Å². The van der Waals surface area contributed by atoms with E-state index in [4.69, 9.17) is 13.8 Å². The molecule has 1 aliphatic heterocycles. The van der Waals surface area contributed by atoms with E-state index in [1.807, 2.05) is 54.7 Å². The maximum Gasteiger partial charge on any atom is 0.253 e. The van der Waals surface area contributed by atoms with Gasteiger partial charge in [-0.05, 0) is 75.0 Å². The summed E-state index contributed by atoms with van der Waals surface area (Å²) in [6.45, 7) is -2.53. The molecule has 0 spiro atoms. The van der Waals surface area contributed by atoms with Crippen molar-refractivity contribution >= 4 is 61.7 Å². The van der Waals surface area contributed by atoms with Gasteiger partial charge in [-0.15, -0.1) is 0 Å². The minimum Gasteiger partial charge on any atom is -0.458 e. The zero-order chi connectivity index (χ0) is 40.8. The third-order valence-electron chi connectivity index (χ3n) is 11.6. The monoisotopic (exact) mass is 746 g/mol. The Balaban J connectivity index is 1.07. The quantitative estimate of drug-likeness (QED) is 0.0969. The summed E-state index contributed by atoms with van der Waals surface area (Å²) < 4.78 is 38.7. The van der Waals surface area contributed by atoms with Gasteiger partial charge in [0.2, 0.25) is 6.33 Å². The number of aromatic nitrogens is 5. The second-order valence-electron chi connectivity index (χ2n) is 14.8. The summed E-state index contributed by atoms with van der Waals surface area (Å²) in [5, 5.41) is 1.20. The van der Waals surface area contributed by atoms with Crippen molar-refractivity contribution in [3.05, 3.63) is 195 Å². The third kappa shape index (κ3) is 4.80. The number of para-hydroxylation sites is 3. The Bertz CT molecular complexity index is 3460. The first kappa shape index (κ1) is 29.6. The average Bonchev–Trinajstić information content (AvgIpc) is 3.97. The fourth-order valence-corrected chi connectivity index (χ4v) is 9.22. The summed E-state index contributed by atoms with van der Waals surface area (Å²) in [5.41, 5.74) is 14.5. The van der Waals surface area contributed by atoms with Crippen LogP contribution in [0.3, 0.4) is 0 Å². The Kier molecular flexibility index (Phi) is 6.49. The lowest BCUT2D eigenvalue weighted by Crippen LogP contribution is -2.57. The normalized spacial score (nSPS) is 13.2. The minimum absolute atomic E-state index is 0.147.